The van der Waals surface area contributed by atoms with Gasteiger partial charge < -0.3 is 4.98 Å². The first-order chi connectivity index (χ1) is 7.34. The maximum Gasteiger partial charge on any atom is 0.123 e. The lowest BCUT2D eigenvalue weighted by Gasteiger charge is -2.07. The van der Waals surface area contributed by atoms with Crippen LogP contribution in [0.1, 0.15) is 29.2 Å². The average Bonchev–Trinajstić information content (AvgIpc) is 2.82. The Balaban J connectivity index is 2.05. The molecular weight excluding hydrogens is 191 g/mol. The molecule has 1 aromatic carbocycles. The molecule has 0 saturated carbocycles. The van der Waals surface area contributed by atoms with E-state index in [-0.39, 0.29) is 5.82 Å². The number of nitrogens with one attached hydrogen (secondary N) is 1. The van der Waals surface area contributed by atoms with E-state index in [1.807, 2.05) is 12.3 Å². The van der Waals surface area contributed by atoms with Crippen LogP contribution in [0.4, 0.5) is 4.39 Å². The standard InChI is InChI=1S/C12H11FN2/c13-9-2-4-10-8(5-9)1-3-11(10)12-6-14-7-15-12/h2,4-7,11H,1,3H2,(H,14,15)/t11-/m0/s1. The van der Waals surface area contributed by atoms with E-state index in [2.05, 4.69) is 9.97 Å². The van der Waals surface area contributed by atoms with E-state index < -0.39 is 0 Å². The summed E-state index contributed by atoms with van der Waals surface area (Å²) in [6.07, 6.45) is 5.59. The SMILES string of the molecule is Fc1ccc2c(c1)CC[C@@H]2c1c[nH]cn1. The highest BCUT2D eigenvalue weighted by molar-refractivity contribution is 5.39. The molecule has 1 heterocycles. The van der Waals surface area contributed by atoms with Crippen LogP contribution in [0, 0.1) is 5.82 Å². The van der Waals surface area contributed by atoms with Crippen LogP contribution in [0.15, 0.2) is 30.7 Å². The van der Waals surface area contributed by atoms with Crippen molar-refractivity contribution in [3.8, 4) is 0 Å². The number of aryl methyl sites for hydroxylation is 1. The van der Waals surface area contributed by atoms with Crippen molar-refractivity contribution in [3.63, 3.8) is 0 Å². The first-order valence-electron chi connectivity index (χ1n) is 5.11. The van der Waals surface area contributed by atoms with Gasteiger partial charge in [0.2, 0.25) is 0 Å². The van der Waals surface area contributed by atoms with Crippen molar-refractivity contribution in [2.24, 2.45) is 0 Å². The maximum absolute atomic E-state index is 13.0. The van der Waals surface area contributed by atoms with E-state index in [0.29, 0.717) is 5.92 Å². The van der Waals surface area contributed by atoms with E-state index in [1.54, 1.807) is 12.4 Å². The Kier molecular flexibility index (Phi) is 1.84. The fourth-order valence-electron chi connectivity index (χ4n) is 2.36. The third-order valence-corrected chi connectivity index (χ3v) is 3.06. The Bertz CT molecular complexity index is 476. The lowest BCUT2D eigenvalue weighted by Crippen LogP contribution is -1.96. The molecule has 0 spiro atoms. The Morgan fingerprint density at radius 1 is 1.40 bits per heavy atom. The first-order valence-corrected chi connectivity index (χ1v) is 5.11. The molecule has 1 aliphatic carbocycles. The maximum atomic E-state index is 13.0. The molecular formula is C12H11FN2. The summed E-state index contributed by atoms with van der Waals surface area (Å²) in [4.78, 5) is 7.23. The van der Waals surface area contributed by atoms with Crippen LogP contribution in [-0.2, 0) is 6.42 Å². The van der Waals surface area contributed by atoms with E-state index in [0.717, 1.165) is 24.1 Å². The Morgan fingerprint density at radius 2 is 2.33 bits per heavy atom. The number of hydrogen-bond acceptors (Lipinski definition) is 1. The van der Waals surface area contributed by atoms with Gasteiger partial charge in [-0.25, -0.2) is 9.37 Å². The molecule has 0 bridgehead atoms. The number of rotatable bonds is 1. The van der Waals surface area contributed by atoms with Crippen LogP contribution < -0.4 is 0 Å². The number of hydrogen-bond donors (Lipinski definition) is 1. The topological polar surface area (TPSA) is 28.7 Å². The van der Waals surface area contributed by atoms with Gasteiger partial charge in [-0.2, -0.15) is 0 Å². The zero-order valence-electron chi connectivity index (χ0n) is 8.20. The van der Waals surface area contributed by atoms with E-state index in [1.165, 1.54) is 11.6 Å². The number of fused-ring (bicyclic) bond motifs is 1. The number of imidazole rings is 1. The van der Waals surface area contributed by atoms with Gasteiger partial charge in [0.15, 0.2) is 0 Å². The Morgan fingerprint density at radius 3 is 3.13 bits per heavy atom. The number of nitrogens with zero attached hydrogens (tertiary/aromatic N) is 1. The smallest absolute Gasteiger partial charge is 0.123 e. The van der Waals surface area contributed by atoms with Gasteiger partial charge in [0.25, 0.3) is 0 Å². The van der Waals surface area contributed by atoms with Crippen LogP contribution in [0.2, 0.25) is 0 Å². The monoisotopic (exact) mass is 202 g/mol. The molecule has 2 nitrogen and oxygen atoms in total. The van der Waals surface area contributed by atoms with Gasteiger partial charge >= 0.3 is 0 Å². The molecule has 0 saturated heterocycles. The first kappa shape index (κ1) is 8.65. The molecule has 1 aromatic heterocycles. The molecule has 3 heteroatoms. The third-order valence-electron chi connectivity index (χ3n) is 3.06. The highest BCUT2D eigenvalue weighted by Crippen LogP contribution is 2.37. The molecule has 2 aromatic rings. The molecule has 0 fully saturated rings. The second-order valence-corrected chi connectivity index (χ2v) is 3.93. The minimum Gasteiger partial charge on any atom is -0.351 e. The summed E-state index contributed by atoms with van der Waals surface area (Å²) in [6.45, 7) is 0. The minimum atomic E-state index is -0.142. The van der Waals surface area contributed by atoms with Gasteiger partial charge in [-0.05, 0) is 36.1 Å². The molecule has 15 heavy (non-hydrogen) atoms. The van der Waals surface area contributed by atoms with Crippen molar-refractivity contribution in [1.29, 1.82) is 0 Å². The van der Waals surface area contributed by atoms with Crippen molar-refractivity contribution in [1.82, 2.24) is 9.97 Å². The molecule has 1 atom stereocenters. The van der Waals surface area contributed by atoms with E-state index in [9.17, 15) is 4.39 Å². The van der Waals surface area contributed by atoms with Crippen molar-refractivity contribution >= 4 is 0 Å². The van der Waals surface area contributed by atoms with Crippen LogP contribution in [0.5, 0.6) is 0 Å². The van der Waals surface area contributed by atoms with Gasteiger partial charge in [0, 0.05) is 12.1 Å². The molecule has 1 aliphatic rings. The minimum absolute atomic E-state index is 0.142. The van der Waals surface area contributed by atoms with Gasteiger partial charge in [0.05, 0.1) is 12.0 Å². The van der Waals surface area contributed by atoms with Crippen molar-refractivity contribution in [2.45, 2.75) is 18.8 Å². The van der Waals surface area contributed by atoms with Gasteiger partial charge in [0.1, 0.15) is 5.82 Å². The number of halogens is 1. The van der Waals surface area contributed by atoms with E-state index >= 15 is 0 Å². The highest BCUT2D eigenvalue weighted by Gasteiger charge is 2.25. The van der Waals surface area contributed by atoms with Crippen LogP contribution >= 0.6 is 0 Å². The zero-order chi connectivity index (χ0) is 10.3. The molecule has 76 valence electrons. The van der Waals surface area contributed by atoms with Crippen molar-refractivity contribution in [3.05, 3.63) is 53.4 Å². The third kappa shape index (κ3) is 1.35. The lowest BCUT2D eigenvalue weighted by atomic mass is 9.98. The van der Waals surface area contributed by atoms with Gasteiger partial charge in [-0.15, -0.1) is 0 Å². The zero-order valence-corrected chi connectivity index (χ0v) is 8.20. The summed E-state index contributed by atoms with van der Waals surface area (Å²) in [5.74, 6) is 0.197. The number of aromatic amines is 1. The number of aromatic nitrogens is 2. The fraction of sp³-hybridized carbons (Fsp3) is 0.250. The normalized spacial score (nSPS) is 19.1. The summed E-state index contributed by atoms with van der Waals surface area (Å²) in [5, 5.41) is 0. The van der Waals surface area contributed by atoms with E-state index in [4.69, 9.17) is 0 Å². The predicted octanol–water partition coefficient (Wildman–Crippen LogP) is 2.63. The van der Waals surface area contributed by atoms with Crippen LogP contribution in [-0.4, -0.2) is 9.97 Å². The predicted molar refractivity (Wildman–Crippen MR) is 55.2 cm³/mol. The molecule has 0 amide bonds. The largest absolute Gasteiger partial charge is 0.351 e. The van der Waals surface area contributed by atoms with Crippen LogP contribution in [0.25, 0.3) is 0 Å². The second kappa shape index (κ2) is 3.19. The quantitative estimate of drug-likeness (QED) is 0.756. The van der Waals surface area contributed by atoms with Crippen molar-refractivity contribution in [2.75, 3.05) is 0 Å². The summed E-state index contributed by atoms with van der Waals surface area (Å²) in [7, 11) is 0. The molecule has 3 rings (SSSR count). The highest BCUT2D eigenvalue weighted by atomic mass is 19.1. The molecule has 0 unspecified atom stereocenters. The summed E-state index contributed by atoms with van der Waals surface area (Å²) in [6, 6.07) is 5.06. The summed E-state index contributed by atoms with van der Waals surface area (Å²) < 4.78 is 13.0. The van der Waals surface area contributed by atoms with Crippen LogP contribution in [0.3, 0.4) is 0 Å². The molecule has 0 radical (unpaired) electrons. The van der Waals surface area contributed by atoms with Gasteiger partial charge in [-0.1, -0.05) is 6.07 Å². The second-order valence-electron chi connectivity index (χ2n) is 3.93. The Hall–Kier alpha value is -1.64. The fourth-order valence-corrected chi connectivity index (χ4v) is 2.36. The Labute approximate surface area is 87.2 Å². The van der Waals surface area contributed by atoms with Gasteiger partial charge in [-0.3, -0.25) is 0 Å². The number of benzene rings is 1. The number of H-pyrrole nitrogens is 1. The average molecular weight is 202 g/mol. The molecule has 0 aliphatic heterocycles. The molecule has 1 N–H and O–H groups in total. The van der Waals surface area contributed by atoms with Crippen molar-refractivity contribution < 1.29 is 4.39 Å². The lowest BCUT2D eigenvalue weighted by molar-refractivity contribution is 0.626. The summed E-state index contributed by atoms with van der Waals surface area (Å²) >= 11 is 0. The summed E-state index contributed by atoms with van der Waals surface area (Å²) in [5.41, 5.74) is 3.41.